The largest absolute Gasteiger partial charge is 0.506 e. The van der Waals surface area contributed by atoms with Crippen LogP contribution in [0.3, 0.4) is 0 Å². The third kappa shape index (κ3) is 3.60. The van der Waals surface area contributed by atoms with Gasteiger partial charge in [-0.2, -0.15) is 0 Å². The summed E-state index contributed by atoms with van der Waals surface area (Å²) in [6, 6.07) is 8.52. The van der Waals surface area contributed by atoms with Crippen LogP contribution in [0.15, 0.2) is 30.5 Å². The zero-order valence-corrected chi connectivity index (χ0v) is 12.7. The standard InChI is InChI=1S/C17H22N2O2/c1-11-4-6-14(7-5-11)12(2)19-9-16-15(10-20)8-18-13(3)17(16)21/h4-8,12,19-21H,9-10H2,1-3H3/t12-/m1/s1. The van der Waals surface area contributed by atoms with E-state index in [0.29, 0.717) is 23.4 Å². The summed E-state index contributed by atoms with van der Waals surface area (Å²) >= 11 is 0. The Kier molecular flexibility index (Phi) is 4.94. The predicted molar refractivity (Wildman–Crippen MR) is 83.0 cm³/mol. The quantitative estimate of drug-likeness (QED) is 0.790. The van der Waals surface area contributed by atoms with Gasteiger partial charge in [-0.05, 0) is 26.3 Å². The molecule has 0 aliphatic rings. The average Bonchev–Trinajstić information content (AvgIpc) is 2.49. The summed E-state index contributed by atoms with van der Waals surface area (Å²) in [5.74, 6) is 0.158. The zero-order chi connectivity index (χ0) is 15.4. The molecule has 0 saturated heterocycles. The fourth-order valence-corrected chi connectivity index (χ4v) is 2.25. The summed E-state index contributed by atoms with van der Waals surface area (Å²) in [5, 5.41) is 22.9. The molecule has 2 aromatic rings. The van der Waals surface area contributed by atoms with E-state index in [1.165, 1.54) is 11.1 Å². The van der Waals surface area contributed by atoms with Gasteiger partial charge in [0, 0.05) is 29.9 Å². The van der Waals surface area contributed by atoms with Crippen LogP contribution >= 0.6 is 0 Å². The third-order valence-corrected chi connectivity index (χ3v) is 3.76. The Morgan fingerprint density at radius 1 is 1.19 bits per heavy atom. The van der Waals surface area contributed by atoms with Crippen LogP contribution in [0.5, 0.6) is 5.75 Å². The predicted octanol–water partition coefficient (Wildman–Crippen LogP) is 2.75. The van der Waals surface area contributed by atoms with Crippen LogP contribution in [0, 0.1) is 13.8 Å². The van der Waals surface area contributed by atoms with Gasteiger partial charge in [0.15, 0.2) is 0 Å². The summed E-state index contributed by atoms with van der Waals surface area (Å²) in [4.78, 5) is 4.07. The van der Waals surface area contributed by atoms with E-state index in [1.807, 2.05) is 0 Å². The molecule has 1 aromatic heterocycles. The van der Waals surface area contributed by atoms with Gasteiger partial charge in [0.1, 0.15) is 5.75 Å². The van der Waals surface area contributed by atoms with Crippen molar-refractivity contribution in [1.82, 2.24) is 10.3 Å². The second kappa shape index (κ2) is 6.70. The smallest absolute Gasteiger partial charge is 0.141 e. The van der Waals surface area contributed by atoms with Crippen molar-refractivity contribution < 1.29 is 10.2 Å². The SMILES string of the molecule is Cc1ccc([C@@H](C)NCc2c(CO)cnc(C)c2O)cc1. The van der Waals surface area contributed by atoms with E-state index in [-0.39, 0.29) is 18.4 Å². The number of aryl methyl sites for hydroxylation is 2. The minimum absolute atomic E-state index is 0.128. The van der Waals surface area contributed by atoms with Gasteiger partial charge < -0.3 is 15.5 Å². The molecule has 0 bridgehead atoms. The molecular formula is C17H22N2O2. The first-order chi connectivity index (χ1) is 10.0. The lowest BCUT2D eigenvalue weighted by molar-refractivity contribution is 0.278. The van der Waals surface area contributed by atoms with Crippen molar-refractivity contribution in [1.29, 1.82) is 0 Å². The summed E-state index contributed by atoms with van der Waals surface area (Å²) in [6.45, 7) is 6.25. The van der Waals surface area contributed by atoms with E-state index >= 15 is 0 Å². The molecule has 0 spiro atoms. The number of nitrogens with zero attached hydrogens (tertiary/aromatic N) is 1. The first-order valence-electron chi connectivity index (χ1n) is 7.10. The van der Waals surface area contributed by atoms with Crippen LogP contribution in [0.25, 0.3) is 0 Å². The van der Waals surface area contributed by atoms with E-state index in [0.717, 1.165) is 0 Å². The van der Waals surface area contributed by atoms with Gasteiger partial charge in [-0.3, -0.25) is 4.98 Å². The molecule has 0 unspecified atom stereocenters. The first kappa shape index (κ1) is 15.5. The van der Waals surface area contributed by atoms with Gasteiger partial charge in [0.2, 0.25) is 0 Å². The Bertz CT molecular complexity index is 609. The minimum atomic E-state index is -0.128. The number of hydrogen-bond acceptors (Lipinski definition) is 4. The van der Waals surface area contributed by atoms with Gasteiger partial charge in [0.25, 0.3) is 0 Å². The molecule has 112 valence electrons. The molecule has 0 amide bonds. The molecule has 0 aliphatic carbocycles. The van der Waals surface area contributed by atoms with Gasteiger partial charge in [-0.15, -0.1) is 0 Å². The van der Waals surface area contributed by atoms with Crippen LogP contribution in [0.2, 0.25) is 0 Å². The lowest BCUT2D eigenvalue weighted by atomic mass is 10.0. The van der Waals surface area contributed by atoms with Gasteiger partial charge in [-0.1, -0.05) is 29.8 Å². The highest BCUT2D eigenvalue weighted by molar-refractivity contribution is 5.40. The molecule has 3 N–H and O–H groups in total. The average molecular weight is 286 g/mol. The van der Waals surface area contributed by atoms with Crippen molar-refractivity contribution >= 4 is 0 Å². The topological polar surface area (TPSA) is 65.4 Å². The van der Waals surface area contributed by atoms with Crippen LogP contribution in [0.1, 0.15) is 40.9 Å². The van der Waals surface area contributed by atoms with Gasteiger partial charge >= 0.3 is 0 Å². The number of aliphatic hydroxyl groups excluding tert-OH is 1. The molecule has 1 aromatic carbocycles. The van der Waals surface area contributed by atoms with Crippen molar-refractivity contribution in [2.45, 2.75) is 40.0 Å². The Balaban J connectivity index is 2.12. The Morgan fingerprint density at radius 2 is 1.86 bits per heavy atom. The molecule has 0 saturated carbocycles. The number of aromatic nitrogens is 1. The molecule has 4 heteroatoms. The summed E-state index contributed by atoms with van der Waals surface area (Å²) in [6.07, 6.45) is 1.61. The Morgan fingerprint density at radius 3 is 2.48 bits per heavy atom. The lowest BCUT2D eigenvalue weighted by Gasteiger charge is -2.17. The fraction of sp³-hybridized carbons (Fsp3) is 0.353. The molecule has 0 radical (unpaired) electrons. The highest BCUT2D eigenvalue weighted by Crippen LogP contribution is 2.24. The molecule has 1 heterocycles. The van der Waals surface area contributed by atoms with Gasteiger partial charge in [0.05, 0.1) is 12.3 Å². The second-order valence-electron chi connectivity index (χ2n) is 5.37. The molecule has 4 nitrogen and oxygen atoms in total. The Hall–Kier alpha value is -1.91. The molecular weight excluding hydrogens is 264 g/mol. The molecule has 2 rings (SSSR count). The first-order valence-corrected chi connectivity index (χ1v) is 7.10. The molecule has 0 aliphatic heterocycles. The number of benzene rings is 1. The van der Waals surface area contributed by atoms with E-state index in [9.17, 15) is 10.2 Å². The van der Waals surface area contributed by atoms with Crippen LogP contribution < -0.4 is 5.32 Å². The number of rotatable bonds is 5. The fourth-order valence-electron chi connectivity index (χ4n) is 2.25. The molecule has 0 fully saturated rings. The lowest BCUT2D eigenvalue weighted by Crippen LogP contribution is -2.19. The summed E-state index contributed by atoms with van der Waals surface area (Å²) in [5.41, 5.74) is 4.37. The number of nitrogens with one attached hydrogen (secondary N) is 1. The molecule has 21 heavy (non-hydrogen) atoms. The maximum atomic E-state index is 10.1. The maximum Gasteiger partial charge on any atom is 0.141 e. The van der Waals surface area contributed by atoms with Gasteiger partial charge in [-0.25, -0.2) is 0 Å². The van der Waals surface area contributed by atoms with Crippen LogP contribution in [-0.4, -0.2) is 15.2 Å². The second-order valence-corrected chi connectivity index (χ2v) is 5.37. The zero-order valence-electron chi connectivity index (χ0n) is 12.7. The molecule has 1 atom stereocenters. The Labute approximate surface area is 125 Å². The van der Waals surface area contributed by atoms with E-state index < -0.39 is 0 Å². The monoisotopic (exact) mass is 286 g/mol. The summed E-state index contributed by atoms with van der Waals surface area (Å²) in [7, 11) is 0. The number of aromatic hydroxyl groups is 1. The van der Waals surface area contributed by atoms with Crippen molar-refractivity contribution in [2.24, 2.45) is 0 Å². The van der Waals surface area contributed by atoms with Crippen molar-refractivity contribution in [3.05, 3.63) is 58.4 Å². The van der Waals surface area contributed by atoms with Crippen molar-refractivity contribution in [2.75, 3.05) is 0 Å². The third-order valence-electron chi connectivity index (χ3n) is 3.76. The van der Waals surface area contributed by atoms with Crippen molar-refractivity contribution in [3.63, 3.8) is 0 Å². The highest BCUT2D eigenvalue weighted by atomic mass is 16.3. The number of pyridine rings is 1. The minimum Gasteiger partial charge on any atom is -0.506 e. The summed E-state index contributed by atoms with van der Waals surface area (Å²) < 4.78 is 0. The number of hydrogen-bond donors (Lipinski definition) is 3. The van der Waals surface area contributed by atoms with Crippen LogP contribution in [-0.2, 0) is 13.2 Å². The maximum absolute atomic E-state index is 10.1. The van der Waals surface area contributed by atoms with E-state index in [2.05, 4.69) is 48.4 Å². The van der Waals surface area contributed by atoms with Crippen molar-refractivity contribution in [3.8, 4) is 5.75 Å². The van der Waals surface area contributed by atoms with E-state index in [1.54, 1.807) is 13.1 Å². The van der Waals surface area contributed by atoms with Crippen LogP contribution in [0.4, 0.5) is 0 Å². The number of aliphatic hydroxyl groups is 1. The highest BCUT2D eigenvalue weighted by Gasteiger charge is 2.13. The normalized spacial score (nSPS) is 12.4. The van der Waals surface area contributed by atoms with E-state index in [4.69, 9.17) is 0 Å².